The van der Waals surface area contributed by atoms with E-state index in [9.17, 15) is 27.6 Å². The molecule has 1 saturated carbocycles. The Morgan fingerprint density at radius 1 is 0.811 bits per heavy atom. The molecule has 1 aliphatic heterocycles. The predicted octanol–water partition coefficient (Wildman–Crippen LogP) is 6.05. The maximum Gasteiger partial charge on any atom is 0.312 e. The predicted molar refractivity (Wildman–Crippen MR) is 299 cm³/mol. The van der Waals surface area contributed by atoms with Crippen molar-refractivity contribution in [3.63, 3.8) is 0 Å². The number of likely N-dealkylation sites (N-methyl/N-ethyl adjacent to an activating group) is 2. The lowest BCUT2D eigenvalue weighted by Crippen LogP contribution is -2.56. The number of rotatable bonds is 34. The zero-order valence-electron chi connectivity index (χ0n) is 46.9. The average Bonchev–Trinajstić information content (AvgIpc) is 4.07. The molecule has 17 heteroatoms. The van der Waals surface area contributed by atoms with Crippen LogP contribution in [0.5, 0.6) is 0 Å². The van der Waals surface area contributed by atoms with E-state index in [1.54, 1.807) is 19.1 Å². The Kier molecular flexibility index (Phi) is 24.0. The molecule has 0 spiro atoms. The van der Waals surface area contributed by atoms with Gasteiger partial charge in [0.05, 0.1) is 4.90 Å². The minimum Gasteiger partial charge on any atom is -0.352 e. The van der Waals surface area contributed by atoms with E-state index >= 15 is 0 Å². The van der Waals surface area contributed by atoms with E-state index in [2.05, 4.69) is 135 Å². The van der Waals surface area contributed by atoms with Crippen LogP contribution in [0, 0.1) is 17.3 Å². The number of sulfonamides is 1. The highest BCUT2D eigenvalue weighted by Gasteiger charge is 2.44. The van der Waals surface area contributed by atoms with E-state index in [1.165, 1.54) is 22.6 Å². The molecule has 1 aliphatic carbocycles. The van der Waals surface area contributed by atoms with Crippen molar-refractivity contribution in [3.05, 3.63) is 89.5 Å². The molecule has 2 aromatic carbocycles. The van der Waals surface area contributed by atoms with Gasteiger partial charge in [-0.15, -0.1) is 0 Å². The van der Waals surface area contributed by atoms with Crippen molar-refractivity contribution in [1.29, 1.82) is 0 Å². The lowest BCUT2D eigenvalue weighted by molar-refractivity contribution is -0.136. The summed E-state index contributed by atoms with van der Waals surface area (Å²) in [7, 11) is 0.0322. The fraction of sp³-hybridized carbons (Fsp3) is 0.649. The first-order chi connectivity index (χ1) is 34.8. The molecule has 1 fully saturated rings. The van der Waals surface area contributed by atoms with Gasteiger partial charge in [-0.1, -0.05) is 124 Å². The van der Waals surface area contributed by atoms with Crippen LogP contribution in [0.25, 0.3) is 0 Å². The summed E-state index contributed by atoms with van der Waals surface area (Å²) < 4.78 is 29.7. The number of nitrogens with two attached hydrogens (primary N) is 1. The molecular weight excluding hydrogens is 953 g/mol. The molecule has 1 heterocycles. The maximum absolute atomic E-state index is 13.7. The SMILES string of the molecule is CN[C@H](CN(C)[C@H](CN[C@H](/C=C(\C)C(=O)NS(=O)(=O)c1ccc(C2(NC[C@@H](CCCNC(N)=O)NC[C@H](NCCCCCCN3C(=O)C=CC3=O)C(C)C)CC2)cc1)C(C)C)C(C)(C)C)C(C)(C)c1ccccc1. The molecule has 2 aliphatic rings. The molecule has 0 saturated heterocycles. The number of unbranched alkanes of at least 4 members (excludes halogenated alkanes) is 3. The number of primary amides is 1. The number of imide groups is 1. The van der Waals surface area contributed by atoms with Crippen molar-refractivity contribution in [2.24, 2.45) is 23.0 Å². The molecule has 414 valence electrons. The lowest BCUT2D eigenvalue weighted by Gasteiger charge is -2.44. The number of hydrogen-bond acceptors (Lipinski definition) is 12. The van der Waals surface area contributed by atoms with E-state index in [1.807, 2.05) is 31.3 Å². The van der Waals surface area contributed by atoms with E-state index in [0.717, 1.165) is 76.6 Å². The summed E-state index contributed by atoms with van der Waals surface area (Å²) in [6, 6.07) is 17.3. The molecule has 4 rings (SSSR count). The Hall–Kier alpha value is -4.49. The number of carbonyl (C=O) groups is 4. The van der Waals surface area contributed by atoms with Crippen LogP contribution in [0.2, 0.25) is 0 Å². The van der Waals surface area contributed by atoms with Crippen LogP contribution in [0.4, 0.5) is 4.79 Å². The maximum atomic E-state index is 13.7. The fourth-order valence-electron chi connectivity index (χ4n) is 9.95. The summed E-state index contributed by atoms with van der Waals surface area (Å²) in [5, 5.41) is 21.3. The Morgan fingerprint density at radius 3 is 2.01 bits per heavy atom. The first-order valence-electron chi connectivity index (χ1n) is 27.1. The molecule has 74 heavy (non-hydrogen) atoms. The van der Waals surface area contributed by atoms with Crippen molar-refractivity contribution in [2.75, 3.05) is 59.9 Å². The average molecular weight is 1050 g/mol. The quantitative estimate of drug-likeness (QED) is 0.0228. The highest BCUT2D eigenvalue weighted by atomic mass is 32.2. The summed E-state index contributed by atoms with van der Waals surface area (Å²) in [5.41, 5.74) is 7.43. The second kappa shape index (κ2) is 28.6. The standard InChI is InChI=1S/C57H94N10O6S/c1-40(2)47(63-38-50(55(6,7)8)66(12)39-49(59-11)56(9,10)43-21-16-15-17-22-43)35-42(5)53(70)65-74(72,73)46-26-24-44(25-27-46)57(30-31-57)64-36-45(23-20-33-61-54(58)71)62-37-48(41(3)4)60-32-18-13-14-19-34-67-51(68)28-29-52(67)69/h15-17,21-22,24-29,35,40-41,45,47-50,59-60,62-64H,13-14,18-20,23,30-34,36-39H2,1-12H3,(H,65,70)(H3,58,61,71)/b42-35+/t45-,47-,48+,49-,50-/m1/s1. The number of nitrogens with one attached hydrogen (secondary N) is 7. The van der Waals surface area contributed by atoms with Gasteiger partial charge in [0.2, 0.25) is 0 Å². The zero-order valence-corrected chi connectivity index (χ0v) is 47.7. The topological polar surface area (TPSA) is 219 Å². The number of nitrogens with zero attached hydrogens (tertiary/aromatic N) is 2. The number of amides is 5. The van der Waals surface area contributed by atoms with Gasteiger partial charge in [-0.2, -0.15) is 0 Å². The summed E-state index contributed by atoms with van der Waals surface area (Å²) in [4.78, 5) is 52.4. The van der Waals surface area contributed by atoms with Crippen LogP contribution in [0.1, 0.15) is 132 Å². The first-order valence-corrected chi connectivity index (χ1v) is 28.6. The third-order valence-electron chi connectivity index (χ3n) is 15.2. The summed E-state index contributed by atoms with van der Waals surface area (Å²) in [6.07, 6.45) is 11.5. The summed E-state index contributed by atoms with van der Waals surface area (Å²) >= 11 is 0. The highest BCUT2D eigenvalue weighted by molar-refractivity contribution is 7.90. The van der Waals surface area contributed by atoms with Crippen molar-refractivity contribution >= 4 is 33.8 Å². The molecular formula is C57H94N10O6S. The normalized spacial score (nSPS) is 17.2. The third kappa shape index (κ3) is 19.0. The Balaban J connectivity index is 1.32. The number of hydrogen-bond donors (Lipinski definition) is 8. The molecule has 0 bridgehead atoms. The van der Waals surface area contributed by atoms with E-state index in [-0.39, 0.29) is 69.2 Å². The largest absolute Gasteiger partial charge is 0.352 e. The molecule has 0 radical (unpaired) electrons. The van der Waals surface area contributed by atoms with Gasteiger partial charge >= 0.3 is 6.03 Å². The molecule has 5 atom stereocenters. The molecule has 0 unspecified atom stereocenters. The smallest absolute Gasteiger partial charge is 0.312 e. The van der Waals surface area contributed by atoms with Gasteiger partial charge in [-0.3, -0.25) is 19.3 Å². The monoisotopic (exact) mass is 1050 g/mol. The molecule has 9 N–H and O–H groups in total. The second-order valence-electron chi connectivity index (χ2n) is 23.1. The lowest BCUT2D eigenvalue weighted by atomic mass is 9.77. The Bertz CT molecular complexity index is 2260. The summed E-state index contributed by atoms with van der Waals surface area (Å²) in [5.74, 6) is -0.618. The third-order valence-corrected chi connectivity index (χ3v) is 16.6. The van der Waals surface area contributed by atoms with Gasteiger partial charge in [0.15, 0.2) is 0 Å². The van der Waals surface area contributed by atoms with E-state index in [0.29, 0.717) is 37.7 Å². The zero-order chi connectivity index (χ0) is 54.9. The van der Waals surface area contributed by atoms with Crippen LogP contribution < -0.4 is 42.4 Å². The Morgan fingerprint density at radius 2 is 1.45 bits per heavy atom. The first kappa shape index (κ1) is 62.1. The minimum absolute atomic E-state index is 0.0180. The van der Waals surface area contributed by atoms with Gasteiger partial charge in [0.1, 0.15) is 0 Å². The van der Waals surface area contributed by atoms with Crippen molar-refractivity contribution in [2.45, 2.75) is 167 Å². The Labute approximate surface area is 445 Å². The number of benzene rings is 2. The van der Waals surface area contributed by atoms with Gasteiger partial charge < -0.3 is 42.5 Å². The van der Waals surface area contributed by atoms with Crippen LogP contribution in [-0.4, -0.2) is 132 Å². The number of urea groups is 1. The number of carbonyl (C=O) groups excluding carboxylic acids is 4. The van der Waals surface area contributed by atoms with Gasteiger partial charge in [-0.25, -0.2) is 17.9 Å². The molecule has 5 amide bonds. The molecule has 0 aromatic heterocycles. The van der Waals surface area contributed by atoms with Crippen molar-refractivity contribution in [1.82, 2.24) is 46.4 Å². The second-order valence-corrected chi connectivity index (χ2v) is 24.8. The molecule has 16 nitrogen and oxygen atoms in total. The van der Waals surface area contributed by atoms with Crippen molar-refractivity contribution < 1.29 is 27.6 Å². The summed E-state index contributed by atoms with van der Waals surface area (Å²) in [6.45, 7) is 26.2. The van der Waals surface area contributed by atoms with E-state index < -0.39 is 22.0 Å². The van der Waals surface area contributed by atoms with Crippen LogP contribution in [0.15, 0.2) is 83.3 Å². The fourth-order valence-corrected chi connectivity index (χ4v) is 11.0. The molecule has 2 aromatic rings. The van der Waals surface area contributed by atoms with Gasteiger partial charge in [-0.05, 0) is 107 Å². The van der Waals surface area contributed by atoms with Gasteiger partial charge in [0.25, 0.3) is 27.7 Å². The van der Waals surface area contributed by atoms with Gasteiger partial charge in [0, 0.05) is 98.2 Å². The minimum atomic E-state index is -4.17. The van der Waals surface area contributed by atoms with Crippen LogP contribution in [0.3, 0.4) is 0 Å². The van der Waals surface area contributed by atoms with E-state index in [4.69, 9.17) is 5.73 Å². The van der Waals surface area contributed by atoms with Crippen LogP contribution in [-0.2, 0) is 35.4 Å². The highest BCUT2D eigenvalue weighted by Crippen LogP contribution is 2.45. The van der Waals surface area contributed by atoms with Crippen LogP contribution >= 0.6 is 0 Å². The van der Waals surface area contributed by atoms with Crippen molar-refractivity contribution in [3.8, 4) is 0 Å².